The maximum absolute atomic E-state index is 13.2. The highest BCUT2D eigenvalue weighted by molar-refractivity contribution is 7.09. The lowest BCUT2D eigenvalue weighted by Gasteiger charge is -2.39. The Morgan fingerprint density at radius 1 is 1.22 bits per heavy atom. The number of imidazole rings is 1. The highest BCUT2D eigenvalue weighted by Crippen LogP contribution is 2.43. The van der Waals surface area contributed by atoms with Crippen LogP contribution in [0.15, 0.2) is 33.4 Å². The second-order valence-electron chi connectivity index (χ2n) is 8.73. The minimum absolute atomic E-state index is 0.109. The number of amides is 1. The topological polar surface area (TPSA) is 96.2 Å². The quantitative estimate of drug-likeness (QED) is 0.634. The third kappa shape index (κ3) is 3.37. The molecule has 1 saturated carbocycles. The van der Waals surface area contributed by atoms with E-state index in [1.54, 1.807) is 15.9 Å². The van der Waals surface area contributed by atoms with Crippen LogP contribution >= 0.6 is 11.3 Å². The summed E-state index contributed by atoms with van der Waals surface area (Å²) in [5.41, 5.74) is -0.926. The van der Waals surface area contributed by atoms with Gasteiger partial charge < -0.3 is 9.91 Å². The van der Waals surface area contributed by atoms with Crippen molar-refractivity contribution in [2.45, 2.75) is 33.1 Å². The van der Waals surface area contributed by atoms with Crippen molar-refractivity contribution in [3.63, 3.8) is 0 Å². The minimum atomic E-state index is -0.725. The summed E-state index contributed by atoms with van der Waals surface area (Å²) in [5.74, 6) is 1.71. The van der Waals surface area contributed by atoms with Crippen LogP contribution in [-0.4, -0.2) is 56.3 Å². The highest BCUT2D eigenvalue weighted by Gasteiger charge is 2.42. The van der Waals surface area contributed by atoms with Crippen LogP contribution in [0.3, 0.4) is 0 Å². The maximum atomic E-state index is 13.2. The lowest BCUT2D eigenvalue weighted by Crippen LogP contribution is -2.50. The van der Waals surface area contributed by atoms with Crippen LogP contribution in [0.2, 0.25) is 0 Å². The van der Waals surface area contributed by atoms with E-state index in [4.69, 9.17) is 0 Å². The first-order valence-corrected chi connectivity index (χ1v) is 12.2. The second-order valence-corrected chi connectivity index (χ2v) is 9.76. The molecule has 2 bridgehead atoms. The van der Waals surface area contributed by atoms with E-state index < -0.39 is 17.3 Å². The van der Waals surface area contributed by atoms with E-state index in [1.165, 1.54) is 17.7 Å². The van der Waals surface area contributed by atoms with Crippen molar-refractivity contribution < 1.29 is 4.79 Å². The zero-order valence-corrected chi connectivity index (χ0v) is 19.2. The van der Waals surface area contributed by atoms with Gasteiger partial charge in [0.05, 0.1) is 0 Å². The van der Waals surface area contributed by atoms with Gasteiger partial charge in [-0.15, -0.1) is 11.3 Å². The van der Waals surface area contributed by atoms with Crippen molar-refractivity contribution in [3.8, 4) is 0 Å². The molecule has 9 nitrogen and oxygen atoms in total. The predicted molar refractivity (Wildman–Crippen MR) is 124 cm³/mol. The number of H-pyrrole nitrogens is 1. The summed E-state index contributed by atoms with van der Waals surface area (Å²) in [6.07, 6.45) is 5.03. The van der Waals surface area contributed by atoms with Crippen LogP contribution in [0.5, 0.6) is 0 Å². The third-order valence-electron chi connectivity index (χ3n) is 7.13. The first-order valence-electron chi connectivity index (χ1n) is 11.3. The molecular formula is C22H28N6O3S. The predicted octanol–water partition coefficient (Wildman–Crippen LogP) is 2.09. The number of piperidine rings is 1. The molecule has 1 aliphatic heterocycles. The van der Waals surface area contributed by atoms with Gasteiger partial charge in [0.1, 0.15) is 6.33 Å². The van der Waals surface area contributed by atoms with Gasteiger partial charge in [-0.3, -0.25) is 9.78 Å². The standard InChI is InChI=1S/C22H28N6O3S/c1-3-25(4-2)22(31)28-20-18(19(29)24-21(28)30)23-13-27(20)26-11-14-7-8-15(12-26)17(14)10-16-6-5-9-32-16/h5-6,9,13-15,17H,3-4,7-8,10-12H2,1-2H3,(H,24,29,30). The van der Waals surface area contributed by atoms with Gasteiger partial charge in [0.15, 0.2) is 11.2 Å². The number of carbonyl (C=O) groups excluding carboxylic acids is 1. The summed E-state index contributed by atoms with van der Waals surface area (Å²) < 4.78 is 2.83. The smallest absolute Gasteiger partial charge is 0.324 e. The number of rotatable bonds is 5. The number of nitrogens with zero attached hydrogens (tertiary/aromatic N) is 5. The van der Waals surface area contributed by atoms with Crippen LogP contribution in [-0.2, 0) is 6.42 Å². The van der Waals surface area contributed by atoms with E-state index in [0.29, 0.717) is 30.8 Å². The van der Waals surface area contributed by atoms with Gasteiger partial charge in [-0.2, -0.15) is 4.57 Å². The molecule has 2 aliphatic rings. The fourth-order valence-corrected chi connectivity index (χ4v) is 6.29. The molecule has 0 aromatic carbocycles. The molecule has 2 fully saturated rings. The van der Waals surface area contributed by atoms with Gasteiger partial charge in [-0.1, -0.05) is 6.07 Å². The van der Waals surface area contributed by atoms with Crippen LogP contribution < -0.4 is 16.3 Å². The van der Waals surface area contributed by atoms with Gasteiger partial charge in [0.25, 0.3) is 5.56 Å². The second kappa shape index (κ2) is 8.23. The summed E-state index contributed by atoms with van der Waals surface area (Å²) in [4.78, 5) is 47.9. The first kappa shape index (κ1) is 21.0. The Bertz CT molecular complexity index is 1220. The highest BCUT2D eigenvalue weighted by atomic mass is 32.1. The molecule has 10 heteroatoms. The normalized spacial score (nSPS) is 22.6. The minimum Gasteiger partial charge on any atom is -0.324 e. The van der Waals surface area contributed by atoms with Crippen molar-refractivity contribution in [2.75, 3.05) is 31.2 Å². The molecule has 1 N–H and O–H groups in total. The Balaban J connectivity index is 1.52. The van der Waals surface area contributed by atoms with E-state index in [1.807, 2.05) is 25.2 Å². The largest absolute Gasteiger partial charge is 0.338 e. The number of fused-ring (bicyclic) bond motifs is 3. The molecule has 5 rings (SSSR count). The van der Waals surface area contributed by atoms with E-state index in [2.05, 4.69) is 32.5 Å². The fraction of sp³-hybridized carbons (Fsp3) is 0.545. The van der Waals surface area contributed by atoms with E-state index in [0.717, 1.165) is 24.1 Å². The van der Waals surface area contributed by atoms with Crippen molar-refractivity contribution >= 4 is 28.5 Å². The number of aromatic nitrogens is 4. The monoisotopic (exact) mass is 456 g/mol. The average Bonchev–Trinajstić information content (AvgIpc) is 3.49. The molecule has 170 valence electrons. The van der Waals surface area contributed by atoms with Crippen LogP contribution in [0.1, 0.15) is 31.6 Å². The summed E-state index contributed by atoms with van der Waals surface area (Å²) in [5, 5.41) is 4.29. The molecule has 3 aromatic rings. The number of nitrogens with one attached hydrogen (secondary N) is 1. The number of hydrogen-bond donors (Lipinski definition) is 1. The Hall–Kier alpha value is -2.88. The Morgan fingerprint density at radius 3 is 2.56 bits per heavy atom. The molecule has 2 atom stereocenters. The Morgan fingerprint density at radius 2 is 1.94 bits per heavy atom. The van der Waals surface area contributed by atoms with E-state index >= 15 is 0 Å². The third-order valence-corrected chi connectivity index (χ3v) is 8.03. The van der Waals surface area contributed by atoms with Crippen molar-refractivity contribution in [2.24, 2.45) is 17.8 Å². The lowest BCUT2D eigenvalue weighted by molar-refractivity contribution is 0.204. The molecule has 1 amide bonds. The molecule has 4 heterocycles. The molecule has 3 aromatic heterocycles. The lowest BCUT2D eigenvalue weighted by atomic mass is 9.83. The summed E-state index contributed by atoms with van der Waals surface area (Å²) in [7, 11) is 0. The number of hydrogen-bond acceptors (Lipinski definition) is 6. The molecule has 0 radical (unpaired) electrons. The average molecular weight is 457 g/mol. The fourth-order valence-electron chi connectivity index (χ4n) is 5.51. The van der Waals surface area contributed by atoms with Crippen molar-refractivity contribution in [1.29, 1.82) is 0 Å². The van der Waals surface area contributed by atoms with Crippen LogP contribution in [0.4, 0.5) is 4.79 Å². The summed E-state index contributed by atoms with van der Waals surface area (Å²) >= 11 is 1.82. The van der Waals surface area contributed by atoms with E-state index in [-0.39, 0.29) is 11.2 Å². The molecule has 2 unspecified atom stereocenters. The Kier molecular flexibility index (Phi) is 5.40. The van der Waals surface area contributed by atoms with Gasteiger partial charge in [0.2, 0.25) is 0 Å². The van der Waals surface area contributed by atoms with Crippen LogP contribution in [0.25, 0.3) is 11.2 Å². The summed E-state index contributed by atoms with van der Waals surface area (Å²) in [6, 6.07) is 3.88. The van der Waals surface area contributed by atoms with Crippen LogP contribution in [0, 0.1) is 17.8 Å². The molecule has 1 aliphatic carbocycles. The molecule has 1 saturated heterocycles. The van der Waals surface area contributed by atoms with Gasteiger partial charge in [0, 0.05) is 31.1 Å². The van der Waals surface area contributed by atoms with Crippen molar-refractivity contribution in [3.05, 3.63) is 49.6 Å². The summed E-state index contributed by atoms with van der Waals surface area (Å²) in [6.45, 7) is 6.30. The number of carbonyl (C=O) groups is 1. The zero-order chi connectivity index (χ0) is 22.4. The van der Waals surface area contributed by atoms with Gasteiger partial charge in [-0.05, 0) is 62.3 Å². The van der Waals surface area contributed by atoms with Gasteiger partial charge >= 0.3 is 11.7 Å². The number of thiophene rings is 1. The SMILES string of the molecule is CCN(CC)C(=O)n1c(=O)[nH]c(=O)c2ncn(N3CC4CCC(C3)C4Cc3cccs3)c21. The number of aromatic amines is 1. The maximum Gasteiger partial charge on any atom is 0.338 e. The first-order chi connectivity index (χ1) is 15.5. The van der Waals surface area contributed by atoms with Crippen molar-refractivity contribution in [1.82, 2.24) is 24.1 Å². The molecular weight excluding hydrogens is 428 g/mol. The zero-order valence-electron chi connectivity index (χ0n) is 18.4. The van der Waals surface area contributed by atoms with Gasteiger partial charge in [-0.25, -0.2) is 19.2 Å². The Labute approximate surface area is 189 Å². The van der Waals surface area contributed by atoms with E-state index in [9.17, 15) is 14.4 Å². The molecule has 32 heavy (non-hydrogen) atoms. The molecule has 0 spiro atoms.